The Morgan fingerprint density at radius 1 is 1.42 bits per heavy atom. The first kappa shape index (κ1) is 9.54. The van der Waals surface area contributed by atoms with Gasteiger partial charge in [0.2, 0.25) is 0 Å². The van der Waals surface area contributed by atoms with Crippen molar-refractivity contribution in [2.75, 3.05) is 0 Å². The van der Waals surface area contributed by atoms with Gasteiger partial charge in [0.25, 0.3) is 0 Å². The molecule has 1 heterocycles. The molecule has 1 aromatic heterocycles. The minimum atomic E-state index is -4.16. The van der Waals surface area contributed by atoms with Crippen LogP contribution in [0.15, 0.2) is 11.4 Å². The molecular weight excluding hydrogens is 189 g/mol. The molecule has 1 N–H and O–H groups in total. The SMILES string of the molecule is OCc1csc(CC(F)(F)F)c1. The summed E-state index contributed by atoms with van der Waals surface area (Å²) in [5.74, 6) is 0. The van der Waals surface area contributed by atoms with E-state index in [0.29, 0.717) is 5.56 Å². The summed E-state index contributed by atoms with van der Waals surface area (Å²) in [5, 5.41) is 10.1. The lowest BCUT2D eigenvalue weighted by atomic mass is 10.3. The van der Waals surface area contributed by atoms with Gasteiger partial charge >= 0.3 is 6.18 Å². The summed E-state index contributed by atoms with van der Waals surface area (Å²) in [6.45, 7) is -0.200. The standard InChI is InChI=1S/C7H7F3OS/c8-7(9,10)2-6-1-5(3-11)4-12-6/h1,4,11H,2-3H2. The Bertz CT molecular complexity index is 253. The lowest BCUT2D eigenvalue weighted by Crippen LogP contribution is -2.10. The average molecular weight is 196 g/mol. The van der Waals surface area contributed by atoms with Crippen molar-refractivity contribution in [1.82, 2.24) is 0 Å². The van der Waals surface area contributed by atoms with Crippen LogP contribution in [0.3, 0.4) is 0 Å². The first-order chi connectivity index (χ1) is 5.51. The molecule has 0 aliphatic heterocycles. The molecule has 0 fully saturated rings. The lowest BCUT2D eigenvalue weighted by molar-refractivity contribution is -0.126. The Morgan fingerprint density at radius 2 is 2.08 bits per heavy atom. The molecule has 0 aliphatic carbocycles. The lowest BCUT2D eigenvalue weighted by Gasteiger charge is -2.02. The second-order valence-corrected chi connectivity index (χ2v) is 3.37. The Morgan fingerprint density at radius 3 is 2.50 bits per heavy atom. The molecule has 0 unspecified atom stereocenters. The highest BCUT2D eigenvalue weighted by Crippen LogP contribution is 2.25. The van der Waals surface area contributed by atoms with Crippen LogP contribution in [0.4, 0.5) is 13.2 Å². The fraction of sp³-hybridized carbons (Fsp3) is 0.429. The van der Waals surface area contributed by atoms with Gasteiger partial charge in [-0.1, -0.05) is 0 Å². The predicted molar refractivity (Wildman–Crippen MR) is 40.0 cm³/mol. The normalized spacial score (nSPS) is 12.0. The van der Waals surface area contributed by atoms with E-state index in [9.17, 15) is 13.2 Å². The highest BCUT2D eigenvalue weighted by atomic mass is 32.1. The Kier molecular flexibility index (Phi) is 2.74. The molecule has 68 valence electrons. The van der Waals surface area contributed by atoms with Crippen LogP contribution in [0.5, 0.6) is 0 Å². The maximum atomic E-state index is 11.8. The Balaban J connectivity index is 2.64. The van der Waals surface area contributed by atoms with Crippen LogP contribution in [0.25, 0.3) is 0 Å². The van der Waals surface area contributed by atoms with E-state index in [-0.39, 0.29) is 11.5 Å². The molecule has 0 aromatic carbocycles. The Hall–Kier alpha value is -0.550. The number of rotatable bonds is 2. The monoisotopic (exact) mass is 196 g/mol. The average Bonchev–Trinajstić information content (AvgIpc) is 2.32. The maximum Gasteiger partial charge on any atom is 0.393 e. The molecule has 12 heavy (non-hydrogen) atoms. The van der Waals surface area contributed by atoms with Crippen LogP contribution in [-0.4, -0.2) is 11.3 Å². The molecule has 0 amide bonds. The predicted octanol–water partition coefficient (Wildman–Crippen LogP) is 2.35. The fourth-order valence-corrected chi connectivity index (χ4v) is 1.71. The molecule has 0 spiro atoms. The van der Waals surface area contributed by atoms with Crippen LogP contribution in [0.1, 0.15) is 10.4 Å². The first-order valence-corrected chi connectivity index (χ1v) is 4.13. The third kappa shape index (κ3) is 2.83. The fourth-order valence-electron chi connectivity index (χ4n) is 0.799. The van der Waals surface area contributed by atoms with Crippen molar-refractivity contribution in [3.8, 4) is 0 Å². The number of aliphatic hydroxyl groups excluding tert-OH is 1. The highest BCUT2D eigenvalue weighted by molar-refractivity contribution is 7.10. The molecule has 5 heteroatoms. The van der Waals surface area contributed by atoms with Gasteiger partial charge in [-0.05, 0) is 17.0 Å². The zero-order chi connectivity index (χ0) is 9.19. The first-order valence-electron chi connectivity index (χ1n) is 3.25. The number of halogens is 3. The van der Waals surface area contributed by atoms with E-state index in [1.165, 1.54) is 11.4 Å². The van der Waals surface area contributed by atoms with Crippen molar-refractivity contribution < 1.29 is 18.3 Å². The van der Waals surface area contributed by atoms with Crippen LogP contribution in [0, 0.1) is 0 Å². The van der Waals surface area contributed by atoms with Gasteiger partial charge < -0.3 is 5.11 Å². The second kappa shape index (κ2) is 3.45. The van der Waals surface area contributed by atoms with Crippen molar-refractivity contribution in [3.63, 3.8) is 0 Å². The van der Waals surface area contributed by atoms with Crippen LogP contribution < -0.4 is 0 Å². The molecule has 0 saturated carbocycles. The van der Waals surface area contributed by atoms with Gasteiger partial charge in [0.05, 0.1) is 13.0 Å². The number of hydrogen-bond acceptors (Lipinski definition) is 2. The van der Waals surface area contributed by atoms with Crippen LogP contribution in [0.2, 0.25) is 0 Å². The van der Waals surface area contributed by atoms with Gasteiger partial charge in [-0.15, -0.1) is 11.3 Å². The number of aliphatic hydroxyl groups is 1. The molecule has 0 aliphatic rings. The van der Waals surface area contributed by atoms with E-state index in [4.69, 9.17) is 5.11 Å². The summed E-state index contributed by atoms with van der Waals surface area (Å²) >= 11 is 1.02. The molecule has 1 nitrogen and oxygen atoms in total. The molecule has 0 bridgehead atoms. The van der Waals surface area contributed by atoms with Gasteiger partial charge in [0.15, 0.2) is 0 Å². The quantitative estimate of drug-likeness (QED) is 0.769. The van der Waals surface area contributed by atoms with Gasteiger partial charge in [0.1, 0.15) is 0 Å². The van der Waals surface area contributed by atoms with Gasteiger partial charge in [-0.2, -0.15) is 13.2 Å². The summed E-state index contributed by atoms with van der Waals surface area (Å²) in [5.41, 5.74) is 0.541. The minimum absolute atomic E-state index is 0.200. The van der Waals surface area contributed by atoms with Crippen molar-refractivity contribution in [3.05, 3.63) is 21.9 Å². The van der Waals surface area contributed by atoms with Crippen LogP contribution in [-0.2, 0) is 13.0 Å². The number of hydrogen-bond donors (Lipinski definition) is 1. The van der Waals surface area contributed by atoms with E-state index in [1.54, 1.807) is 0 Å². The molecule has 0 atom stereocenters. The number of thiophene rings is 1. The third-order valence-electron chi connectivity index (χ3n) is 1.27. The smallest absolute Gasteiger partial charge is 0.392 e. The zero-order valence-electron chi connectivity index (χ0n) is 6.06. The molecule has 1 rings (SSSR count). The molecular formula is C7H7F3OS. The van der Waals surface area contributed by atoms with E-state index >= 15 is 0 Å². The van der Waals surface area contributed by atoms with Crippen molar-refractivity contribution >= 4 is 11.3 Å². The topological polar surface area (TPSA) is 20.2 Å². The van der Waals surface area contributed by atoms with Crippen LogP contribution >= 0.6 is 11.3 Å². The van der Waals surface area contributed by atoms with Gasteiger partial charge in [-0.25, -0.2) is 0 Å². The zero-order valence-corrected chi connectivity index (χ0v) is 6.87. The van der Waals surface area contributed by atoms with E-state index in [0.717, 1.165) is 11.3 Å². The summed E-state index contributed by atoms with van der Waals surface area (Å²) in [6, 6.07) is 1.37. The second-order valence-electron chi connectivity index (χ2n) is 2.37. The summed E-state index contributed by atoms with van der Waals surface area (Å²) in [4.78, 5) is 0.242. The maximum absolute atomic E-state index is 11.8. The van der Waals surface area contributed by atoms with E-state index in [1.807, 2.05) is 0 Å². The third-order valence-corrected chi connectivity index (χ3v) is 2.25. The highest BCUT2D eigenvalue weighted by Gasteiger charge is 2.28. The largest absolute Gasteiger partial charge is 0.393 e. The van der Waals surface area contributed by atoms with Crippen molar-refractivity contribution in [2.45, 2.75) is 19.2 Å². The minimum Gasteiger partial charge on any atom is -0.392 e. The van der Waals surface area contributed by atoms with E-state index < -0.39 is 12.6 Å². The number of alkyl halides is 3. The molecule has 1 aromatic rings. The Labute approximate surface area is 71.5 Å². The summed E-state index contributed by atoms with van der Waals surface area (Å²) in [7, 11) is 0. The van der Waals surface area contributed by atoms with Gasteiger partial charge in [0, 0.05) is 4.88 Å². The van der Waals surface area contributed by atoms with Gasteiger partial charge in [-0.3, -0.25) is 0 Å². The molecule has 0 radical (unpaired) electrons. The van der Waals surface area contributed by atoms with E-state index in [2.05, 4.69) is 0 Å². The summed E-state index contributed by atoms with van der Waals surface area (Å²) in [6.07, 6.45) is -5.06. The van der Waals surface area contributed by atoms with Crippen molar-refractivity contribution in [2.24, 2.45) is 0 Å². The summed E-state index contributed by atoms with van der Waals surface area (Å²) < 4.78 is 35.4. The van der Waals surface area contributed by atoms with Crippen molar-refractivity contribution in [1.29, 1.82) is 0 Å². The molecule has 0 saturated heterocycles.